The summed E-state index contributed by atoms with van der Waals surface area (Å²) in [5, 5.41) is 57.1. The molecule has 1 aliphatic rings. The smallest absolute Gasteiger partial charge is 0.306 e. The minimum absolute atomic E-state index is 0.118. The van der Waals surface area contributed by atoms with Crippen molar-refractivity contribution in [1.82, 2.24) is 5.32 Å². The Hall–Kier alpha value is -2.64. The number of hydrogen-bond donors (Lipinski definition) is 6. The summed E-state index contributed by atoms with van der Waals surface area (Å²) >= 11 is 0. The number of carbonyl (C=O) groups is 2. The number of rotatable bonds is 57. The summed E-state index contributed by atoms with van der Waals surface area (Å²) in [6, 6.07) is -1.03. The fourth-order valence-corrected chi connectivity index (χ4v) is 10.3. The van der Waals surface area contributed by atoms with Crippen LogP contribution in [0.25, 0.3) is 0 Å². The molecule has 0 aromatic carbocycles. The summed E-state index contributed by atoms with van der Waals surface area (Å²) in [5.41, 5.74) is 0. The Morgan fingerprint density at radius 3 is 1.32 bits per heavy atom. The minimum atomic E-state index is -1.62. The number of nitrogens with one attached hydrogen (secondary N) is 1. The molecule has 11 nitrogen and oxygen atoms in total. The first-order valence-electron chi connectivity index (χ1n) is 33.6. The number of hydrogen-bond acceptors (Lipinski definition) is 10. The number of unbranched alkanes of at least 4 members (excludes halogenated alkanes) is 35. The van der Waals surface area contributed by atoms with Crippen molar-refractivity contribution in [2.24, 2.45) is 0 Å². The van der Waals surface area contributed by atoms with Crippen molar-refractivity contribution < 1.29 is 49.3 Å². The molecule has 1 rings (SSSR count). The molecule has 8 unspecified atom stereocenters. The first-order valence-corrected chi connectivity index (χ1v) is 33.6. The zero-order valence-electron chi connectivity index (χ0n) is 51.7. The largest absolute Gasteiger partial charge is 0.454 e. The van der Waals surface area contributed by atoms with Crippen LogP contribution in [0, 0.1) is 0 Å². The van der Waals surface area contributed by atoms with E-state index < -0.39 is 67.4 Å². The third-order valence-corrected chi connectivity index (χ3v) is 15.6. The monoisotopic (exact) mass is 1130 g/mol. The van der Waals surface area contributed by atoms with Gasteiger partial charge >= 0.3 is 5.97 Å². The molecule has 1 heterocycles. The molecule has 8 atom stereocenters. The molecule has 466 valence electrons. The standard InChI is InChI=1S/C69H125NO10/c1-4-7-10-13-16-19-22-25-27-29-30-31-32-33-34-35-37-39-42-45-48-51-54-57-64(74)80-67-66(76)65(75)63(58-71)79-69(67)78-59-60(61(72)55-52-49-46-43-40-24-21-18-15-12-9-6-3)70-68(77)62(73)56-53-50-47-44-41-38-36-28-26-23-20-17-14-11-8-5-2/h16,19,25-28,30-31,52,55,60-63,65-67,69,71-73,75-76H,4-15,17-18,20-24,29,32-51,53-54,56-59H2,1-3H3,(H,70,77)/b19-16-,27-25-,28-26+,31-30-,55-52+. The lowest BCUT2D eigenvalue weighted by Crippen LogP contribution is -2.61. The van der Waals surface area contributed by atoms with Gasteiger partial charge in [0.2, 0.25) is 5.91 Å². The molecule has 0 spiro atoms. The second-order valence-electron chi connectivity index (χ2n) is 23.2. The molecular weight excluding hydrogens is 1000 g/mol. The molecule has 0 radical (unpaired) electrons. The maximum Gasteiger partial charge on any atom is 0.306 e. The first kappa shape index (κ1) is 75.4. The summed E-state index contributed by atoms with van der Waals surface area (Å²) in [4.78, 5) is 26.6. The van der Waals surface area contributed by atoms with Crippen LogP contribution in [0.2, 0.25) is 0 Å². The molecule has 0 aromatic heterocycles. The molecule has 0 aliphatic carbocycles. The fraction of sp³-hybridized carbons (Fsp3) is 0.826. The minimum Gasteiger partial charge on any atom is -0.454 e. The highest BCUT2D eigenvalue weighted by Gasteiger charge is 2.47. The third-order valence-electron chi connectivity index (χ3n) is 15.6. The van der Waals surface area contributed by atoms with Crippen LogP contribution < -0.4 is 5.32 Å². The van der Waals surface area contributed by atoms with Crippen LogP contribution in [-0.2, 0) is 23.8 Å². The molecule has 1 fully saturated rings. The molecule has 1 saturated heterocycles. The van der Waals surface area contributed by atoms with Gasteiger partial charge in [0.05, 0.1) is 25.4 Å². The topological polar surface area (TPSA) is 175 Å². The maximum atomic E-state index is 13.4. The lowest BCUT2D eigenvalue weighted by Gasteiger charge is -2.41. The SMILES string of the molecule is CCCCC/C=C\C/C=C\C/C=C\CCCCCCCCCCCCC(=O)OC1C(OCC(NC(=O)C(O)CCCCCCCC/C=C/CCCCCCCC)C(O)/C=C/CCCCCCCCCCCC)OC(CO)C(O)C1O. The molecule has 0 bridgehead atoms. The number of esters is 1. The van der Waals surface area contributed by atoms with Crippen molar-refractivity contribution in [1.29, 1.82) is 0 Å². The van der Waals surface area contributed by atoms with Gasteiger partial charge in [-0.25, -0.2) is 0 Å². The second kappa shape index (κ2) is 56.8. The Morgan fingerprint density at radius 1 is 0.487 bits per heavy atom. The van der Waals surface area contributed by atoms with E-state index in [0.717, 1.165) is 89.9 Å². The Bertz CT molecular complexity index is 1530. The van der Waals surface area contributed by atoms with E-state index in [9.17, 15) is 35.1 Å². The fourth-order valence-electron chi connectivity index (χ4n) is 10.3. The summed E-state index contributed by atoms with van der Waals surface area (Å²) in [5.74, 6) is -1.20. The van der Waals surface area contributed by atoms with E-state index >= 15 is 0 Å². The number of aliphatic hydroxyl groups is 5. The molecule has 0 aromatic rings. The van der Waals surface area contributed by atoms with Crippen molar-refractivity contribution in [3.05, 3.63) is 60.8 Å². The van der Waals surface area contributed by atoms with Gasteiger partial charge in [0.25, 0.3) is 0 Å². The average molecular weight is 1130 g/mol. The normalized spacial score (nSPS) is 19.1. The van der Waals surface area contributed by atoms with E-state index in [1.807, 2.05) is 6.08 Å². The van der Waals surface area contributed by atoms with Gasteiger partial charge in [0.15, 0.2) is 12.4 Å². The van der Waals surface area contributed by atoms with Crippen LogP contribution >= 0.6 is 0 Å². The zero-order valence-corrected chi connectivity index (χ0v) is 51.7. The molecule has 1 aliphatic heterocycles. The highest BCUT2D eigenvalue weighted by molar-refractivity contribution is 5.80. The highest BCUT2D eigenvalue weighted by atomic mass is 16.7. The van der Waals surface area contributed by atoms with Crippen LogP contribution in [0.4, 0.5) is 0 Å². The molecular formula is C69H125NO10. The third kappa shape index (κ3) is 44.0. The van der Waals surface area contributed by atoms with Gasteiger partial charge in [-0.05, 0) is 89.9 Å². The van der Waals surface area contributed by atoms with Crippen molar-refractivity contribution in [3.63, 3.8) is 0 Å². The van der Waals surface area contributed by atoms with E-state index in [1.165, 1.54) is 167 Å². The van der Waals surface area contributed by atoms with Gasteiger partial charge in [0.1, 0.15) is 24.4 Å². The van der Waals surface area contributed by atoms with Crippen molar-refractivity contribution in [2.75, 3.05) is 13.2 Å². The first-order chi connectivity index (χ1) is 39.2. The van der Waals surface area contributed by atoms with E-state index in [-0.39, 0.29) is 19.4 Å². The number of amides is 1. The summed E-state index contributed by atoms with van der Waals surface area (Å²) < 4.78 is 17.7. The summed E-state index contributed by atoms with van der Waals surface area (Å²) in [6.07, 6.45) is 61.1. The van der Waals surface area contributed by atoms with Crippen molar-refractivity contribution >= 4 is 11.9 Å². The van der Waals surface area contributed by atoms with Crippen LogP contribution in [-0.4, -0.2) is 99.6 Å². The highest BCUT2D eigenvalue weighted by Crippen LogP contribution is 2.26. The number of allylic oxidation sites excluding steroid dienone is 9. The predicted octanol–water partition coefficient (Wildman–Crippen LogP) is 16.6. The van der Waals surface area contributed by atoms with Crippen LogP contribution in [0.5, 0.6) is 0 Å². The van der Waals surface area contributed by atoms with Gasteiger partial charge in [-0.15, -0.1) is 0 Å². The van der Waals surface area contributed by atoms with E-state index in [0.29, 0.717) is 12.8 Å². The average Bonchev–Trinajstić information content (AvgIpc) is 3.48. The second-order valence-corrected chi connectivity index (χ2v) is 23.2. The van der Waals surface area contributed by atoms with E-state index in [1.54, 1.807) is 6.08 Å². The quantitative estimate of drug-likeness (QED) is 0.0195. The summed E-state index contributed by atoms with van der Waals surface area (Å²) in [6.45, 7) is 5.77. The molecule has 6 N–H and O–H groups in total. The molecule has 0 saturated carbocycles. The van der Waals surface area contributed by atoms with Gasteiger partial charge in [-0.3, -0.25) is 9.59 Å². The predicted molar refractivity (Wildman–Crippen MR) is 333 cm³/mol. The Kier molecular flexibility index (Phi) is 53.5. The molecule has 1 amide bonds. The van der Waals surface area contributed by atoms with Gasteiger partial charge in [-0.1, -0.05) is 268 Å². The summed E-state index contributed by atoms with van der Waals surface area (Å²) in [7, 11) is 0. The zero-order chi connectivity index (χ0) is 58.2. The lowest BCUT2D eigenvalue weighted by molar-refractivity contribution is -0.305. The Labute approximate surface area is 490 Å². The van der Waals surface area contributed by atoms with Crippen LogP contribution in [0.3, 0.4) is 0 Å². The Balaban J connectivity index is 2.61. The Morgan fingerprint density at radius 2 is 0.863 bits per heavy atom. The van der Waals surface area contributed by atoms with Gasteiger partial charge in [0, 0.05) is 6.42 Å². The van der Waals surface area contributed by atoms with Gasteiger partial charge in [-0.2, -0.15) is 0 Å². The maximum absolute atomic E-state index is 13.4. The molecule has 80 heavy (non-hydrogen) atoms. The van der Waals surface area contributed by atoms with E-state index in [2.05, 4.69) is 74.7 Å². The van der Waals surface area contributed by atoms with Crippen LogP contribution in [0.1, 0.15) is 303 Å². The van der Waals surface area contributed by atoms with Crippen molar-refractivity contribution in [2.45, 2.75) is 352 Å². The van der Waals surface area contributed by atoms with Gasteiger partial charge < -0.3 is 45.1 Å². The van der Waals surface area contributed by atoms with E-state index in [4.69, 9.17) is 14.2 Å². The number of aliphatic hydroxyl groups excluding tert-OH is 5. The molecule has 11 heteroatoms. The van der Waals surface area contributed by atoms with Crippen molar-refractivity contribution in [3.8, 4) is 0 Å². The lowest BCUT2D eigenvalue weighted by atomic mass is 9.99. The number of carbonyl (C=O) groups excluding carboxylic acids is 2. The number of ether oxygens (including phenoxy) is 3. The van der Waals surface area contributed by atoms with Crippen LogP contribution in [0.15, 0.2) is 60.8 Å².